The molecule has 2 aliphatic rings. The number of carboxylic acid groups (broad SMARTS) is 1. The Morgan fingerprint density at radius 1 is 1.47 bits per heavy atom. The second-order valence-corrected chi connectivity index (χ2v) is 4.32. The van der Waals surface area contributed by atoms with Gasteiger partial charge in [-0.2, -0.15) is 0 Å². The van der Waals surface area contributed by atoms with Crippen molar-refractivity contribution in [1.29, 1.82) is 0 Å². The van der Waals surface area contributed by atoms with Crippen LogP contribution in [0.4, 0.5) is 0 Å². The predicted octanol–water partition coefficient (Wildman–Crippen LogP) is 0.605. The summed E-state index contributed by atoms with van der Waals surface area (Å²) in [6, 6.07) is 0. The molecule has 4 heteroatoms. The van der Waals surface area contributed by atoms with E-state index in [1.807, 2.05) is 0 Å². The molecule has 3 unspecified atom stereocenters. The Morgan fingerprint density at radius 3 is 2.80 bits per heavy atom. The Bertz CT molecular complexity index is 331. The van der Waals surface area contributed by atoms with Crippen molar-refractivity contribution in [3.8, 4) is 0 Å². The number of carbonyl (C=O) groups is 2. The highest BCUT2D eigenvalue weighted by molar-refractivity contribution is 5.92. The molecule has 0 aliphatic heterocycles. The standard InChI is InChI=1S/C11H14O4/c12-5-6-3-8-7(1-2-10(8)13)9(4-6)11(14)15/h4,6-8,12H,1-3,5H2,(H,14,15). The molecule has 0 aromatic heterocycles. The summed E-state index contributed by atoms with van der Waals surface area (Å²) >= 11 is 0. The van der Waals surface area contributed by atoms with Crippen LogP contribution in [-0.4, -0.2) is 28.6 Å². The van der Waals surface area contributed by atoms with Gasteiger partial charge < -0.3 is 10.2 Å². The lowest BCUT2D eigenvalue weighted by Crippen LogP contribution is -2.29. The molecular weight excluding hydrogens is 196 g/mol. The van der Waals surface area contributed by atoms with Gasteiger partial charge >= 0.3 is 5.97 Å². The zero-order valence-electron chi connectivity index (χ0n) is 8.35. The maximum atomic E-state index is 11.5. The van der Waals surface area contributed by atoms with E-state index in [0.29, 0.717) is 24.8 Å². The van der Waals surface area contributed by atoms with Crippen LogP contribution in [0.5, 0.6) is 0 Å². The van der Waals surface area contributed by atoms with E-state index in [2.05, 4.69) is 0 Å². The summed E-state index contributed by atoms with van der Waals surface area (Å²) in [7, 11) is 0. The average Bonchev–Trinajstić information content (AvgIpc) is 2.59. The smallest absolute Gasteiger partial charge is 0.331 e. The molecule has 2 aliphatic carbocycles. The van der Waals surface area contributed by atoms with Gasteiger partial charge in [0.2, 0.25) is 0 Å². The molecular formula is C11H14O4. The number of carbonyl (C=O) groups excluding carboxylic acids is 1. The maximum absolute atomic E-state index is 11.5. The Labute approximate surface area is 87.6 Å². The van der Waals surface area contributed by atoms with Crippen molar-refractivity contribution in [2.24, 2.45) is 17.8 Å². The van der Waals surface area contributed by atoms with Crippen molar-refractivity contribution in [1.82, 2.24) is 0 Å². The first-order valence-electron chi connectivity index (χ1n) is 5.22. The fourth-order valence-electron chi connectivity index (χ4n) is 2.71. The third-order valence-electron chi connectivity index (χ3n) is 3.45. The van der Waals surface area contributed by atoms with Crippen molar-refractivity contribution in [3.63, 3.8) is 0 Å². The molecule has 0 radical (unpaired) electrons. The highest BCUT2D eigenvalue weighted by atomic mass is 16.4. The molecule has 0 aromatic carbocycles. The minimum absolute atomic E-state index is 0.0761. The van der Waals surface area contributed by atoms with Gasteiger partial charge in [-0.1, -0.05) is 6.08 Å². The first-order chi connectivity index (χ1) is 7.13. The highest BCUT2D eigenvalue weighted by Crippen LogP contribution is 2.42. The number of Topliss-reactive ketones (excluding diaryl/α,β-unsaturated/α-hetero) is 1. The number of ketones is 1. The van der Waals surface area contributed by atoms with E-state index < -0.39 is 5.97 Å². The zero-order valence-corrected chi connectivity index (χ0v) is 8.35. The largest absolute Gasteiger partial charge is 0.478 e. The van der Waals surface area contributed by atoms with Gasteiger partial charge in [0.1, 0.15) is 5.78 Å². The summed E-state index contributed by atoms with van der Waals surface area (Å²) < 4.78 is 0. The van der Waals surface area contributed by atoms with Crippen LogP contribution in [0.15, 0.2) is 11.6 Å². The predicted molar refractivity (Wildman–Crippen MR) is 52.1 cm³/mol. The molecule has 0 heterocycles. The molecule has 3 atom stereocenters. The number of aliphatic hydroxyl groups is 1. The van der Waals surface area contributed by atoms with Gasteiger partial charge in [0.25, 0.3) is 0 Å². The number of aliphatic carboxylic acids is 1. The Hall–Kier alpha value is -1.16. The second-order valence-electron chi connectivity index (χ2n) is 4.32. The van der Waals surface area contributed by atoms with Gasteiger partial charge in [-0.15, -0.1) is 0 Å². The van der Waals surface area contributed by atoms with Gasteiger partial charge in [0, 0.05) is 36.4 Å². The van der Waals surface area contributed by atoms with Crippen LogP contribution >= 0.6 is 0 Å². The summed E-state index contributed by atoms with van der Waals surface area (Å²) in [6.07, 6.45) is 3.37. The lowest BCUT2D eigenvalue weighted by Gasteiger charge is -2.27. The van der Waals surface area contributed by atoms with E-state index >= 15 is 0 Å². The van der Waals surface area contributed by atoms with Gasteiger partial charge in [-0.05, 0) is 12.8 Å². The third kappa shape index (κ3) is 1.69. The minimum atomic E-state index is -0.946. The Balaban J connectivity index is 2.30. The minimum Gasteiger partial charge on any atom is -0.478 e. The molecule has 82 valence electrons. The molecule has 1 saturated carbocycles. The van der Waals surface area contributed by atoms with E-state index in [1.54, 1.807) is 6.08 Å². The van der Waals surface area contributed by atoms with Crippen LogP contribution in [0.25, 0.3) is 0 Å². The lowest BCUT2D eigenvalue weighted by atomic mass is 9.76. The first kappa shape index (κ1) is 10.4. The van der Waals surface area contributed by atoms with E-state index in [1.165, 1.54) is 0 Å². The van der Waals surface area contributed by atoms with Gasteiger partial charge in [0.05, 0.1) is 0 Å². The SMILES string of the molecule is O=C(O)C1=CC(CO)CC2C(=O)CCC12. The molecule has 0 amide bonds. The number of aliphatic hydroxyl groups excluding tert-OH is 1. The van der Waals surface area contributed by atoms with Crippen molar-refractivity contribution >= 4 is 11.8 Å². The molecule has 2 N–H and O–H groups in total. The lowest BCUT2D eigenvalue weighted by molar-refractivity contribution is -0.133. The highest BCUT2D eigenvalue weighted by Gasteiger charge is 2.42. The molecule has 0 spiro atoms. The summed E-state index contributed by atoms with van der Waals surface area (Å²) in [6.45, 7) is -0.0761. The number of carboxylic acids is 1. The third-order valence-corrected chi connectivity index (χ3v) is 3.45. The van der Waals surface area contributed by atoms with Crippen molar-refractivity contribution < 1.29 is 19.8 Å². The van der Waals surface area contributed by atoms with E-state index in [9.17, 15) is 9.59 Å². The molecule has 1 fully saturated rings. The normalized spacial score (nSPS) is 34.9. The average molecular weight is 210 g/mol. The molecule has 0 bridgehead atoms. The van der Waals surface area contributed by atoms with E-state index in [4.69, 9.17) is 10.2 Å². The van der Waals surface area contributed by atoms with Crippen molar-refractivity contribution in [2.75, 3.05) is 6.61 Å². The van der Waals surface area contributed by atoms with E-state index in [0.717, 1.165) is 0 Å². The van der Waals surface area contributed by atoms with Crippen LogP contribution in [0.1, 0.15) is 19.3 Å². The Kier molecular flexibility index (Phi) is 2.61. The van der Waals surface area contributed by atoms with Crippen LogP contribution in [0.2, 0.25) is 0 Å². The van der Waals surface area contributed by atoms with E-state index in [-0.39, 0.29) is 30.1 Å². The first-order valence-corrected chi connectivity index (χ1v) is 5.22. The molecule has 2 rings (SSSR count). The number of hydrogen-bond donors (Lipinski definition) is 2. The summed E-state index contributed by atoms with van der Waals surface area (Å²) in [4.78, 5) is 22.5. The summed E-state index contributed by atoms with van der Waals surface area (Å²) in [5, 5.41) is 18.1. The van der Waals surface area contributed by atoms with Gasteiger partial charge in [-0.3, -0.25) is 4.79 Å². The fraction of sp³-hybridized carbons (Fsp3) is 0.636. The van der Waals surface area contributed by atoms with Crippen LogP contribution in [0.3, 0.4) is 0 Å². The molecule has 15 heavy (non-hydrogen) atoms. The van der Waals surface area contributed by atoms with Crippen LogP contribution < -0.4 is 0 Å². The molecule has 0 aromatic rings. The van der Waals surface area contributed by atoms with Crippen molar-refractivity contribution in [3.05, 3.63) is 11.6 Å². The van der Waals surface area contributed by atoms with Gasteiger partial charge in [0.15, 0.2) is 0 Å². The number of hydrogen-bond acceptors (Lipinski definition) is 3. The van der Waals surface area contributed by atoms with Gasteiger partial charge in [-0.25, -0.2) is 4.79 Å². The summed E-state index contributed by atoms with van der Waals surface area (Å²) in [5.41, 5.74) is 0.330. The Morgan fingerprint density at radius 2 is 2.20 bits per heavy atom. The monoisotopic (exact) mass is 210 g/mol. The fourth-order valence-corrected chi connectivity index (χ4v) is 2.71. The summed E-state index contributed by atoms with van der Waals surface area (Å²) in [5.74, 6) is -1.24. The van der Waals surface area contributed by atoms with Crippen LogP contribution in [-0.2, 0) is 9.59 Å². The topological polar surface area (TPSA) is 74.6 Å². The number of fused-ring (bicyclic) bond motifs is 1. The second kappa shape index (κ2) is 3.77. The zero-order chi connectivity index (χ0) is 11.0. The molecule has 0 saturated heterocycles. The number of rotatable bonds is 2. The quantitative estimate of drug-likeness (QED) is 0.700. The maximum Gasteiger partial charge on any atom is 0.331 e. The molecule has 4 nitrogen and oxygen atoms in total. The van der Waals surface area contributed by atoms with Crippen LogP contribution in [0, 0.1) is 17.8 Å². The van der Waals surface area contributed by atoms with Crippen molar-refractivity contribution in [2.45, 2.75) is 19.3 Å².